The van der Waals surface area contributed by atoms with E-state index >= 15 is 0 Å². The maximum absolute atomic E-state index is 5.81. The largest absolute Gasteiger partial charge is 0.494 e. The van der Waals surface area contributed by atoms with Crippen molar-refractivity contribution in [3.8, 4) is 17.1 Å². The number of benzene rings is 1. The summed E-state index contributed by atoms with van der Waals surface area (Å²) >= 11 is 0. The van der Waals surface area contributed by atoms with Gasteiger partial charge in [-0.2, -0.15) is 0 Å². The molecule has 3 nitrogen and oxygen atoms in total. The summed E-state index contributed by atoms with van der Waals surface area (Å²) < 4.78 is 5.81. The first-order valence-electron chi connectivity index (χ1n) is 14.8. The molecule has 0 bridgehead atoms. The molecule has 0 saturated heterocycles. The van der Waals surface area contributed by atoms with Gasteiger partial charge >= 0.3 is 0 Å². The number of aryl methyl sites for hydroxylation is 1. The predicted molar refractivity (Wildman–Crippen MR) is 149 cm³/mol. The minimum absolute atomic E-state index is 0.791. The Bertz CT molecular complexity index is 778. The van der Waals surface area contributed by atoms with Crippen LogP contribution in [-0.4, -0.2) is 16.6 Å². The molecule has 3 rings (SSSR count). The van der Waals surface area contributed by atoms with E-state index < -0.39 is 0 Å². The molecule has 1 aliphatic rings. The highest BCUT2D eigenvalue weighted by Crippen LogP contribution is 2.34. The fraction of sp³-hybridized carbons (Fsp3) is 0.688. The van der Waals surface area contributed by atoms with E-state index in [1.807, 2.05) is 24.5 Å². The molecule has 1 fully saturated rings. The molecule has 0 spiro atoms. The van der Waals surface area contributed by atoms with Crippen LogP contribution in [0.5, 0.6) is 5.75 Å². The molecule has 1 aromatic heterocycles. The van der Waals surface area contributed by atoms with Gasteiger partial charge in [-0.05, 0) is 60.9 Å². The zero-order chi connectivity index (χ0) is 24.6. The molecule has 194 valence electrons. The molecule has 1 aromatic carbocycles. The van der Waals surface area contributed by atoms with Crippen LogP contribution in [-0.2, 0) is 6.42 Å². The van der Waals surface area contributed by atoms with Crippen LogP contribution in [0, 0.1) is 11.8 Å². The molecule has 1 saturated carbocycles. The molecule has 0 atom stereocenters. The predicted octanol–water partition coefficient (Wildman–Crippen LogP) is 9.59. The number of ether oxygens (including phenoxy) is 1. The number of hydrogen-bond acceptors (Lipinski definition) is 3. The lowest BCUT2D eigenvalue weighted by molar-refractivity contribution is 0.248. The number of hydrogen-bond donors (Lipinski definition) is 0. The molecule has 0 radical (unpaired) electrons. The van der Waals surface area contributed by atoms with Crippen molar-refractivity contribution in [2.45, 2.75) is 123 Å². The second-order valence-electron chi connectivity index (χ2n) is 10.8. The molecule has 0 N–H and O–H groups in total. The zero-order valence-electron chi connectivity index (χ0n) is 22.6. The van der Waals surface area contributed by atoms with E-state index in [1.54, 1.807) is 0 Å². The Kier molecular flexibility index (Phi) is 13.2. The van der Waals surface area contributed by atoms with Crippen molar-refractivity contribution in [2.75, 3.05) is 6.61 Å². The Hall–Kier alpha value is -1.90. The minimum atomic E-state index is 0.791. The summed E-state index contributed by atoms with van der Waals surface area (Å²) in [7, 11) is 0. The van der Waals surface area contributed by atoms with Crippen molar-refractivity contribution in [1.29, 1.82) is 0 Å². The Morgan fingerprint density at radius 3 is 1.91 bits per heavy atom. The van der Waals surface area contributed by atoms with Crippen molar-refractivity contribution >= 4 is 0 Å². The average Bonchev–Trinajstić information content (AvgIpc) is 2.91. The maximum Gasteiger partial charge on any atom is 0.159 e. The third-order valence-electron chi connectivity index (χ3n) is 7.86. The monoisotopic (exact) mass is 478 g/mol. The summed E-state index contributed by atoms with van der Waals surface area (Å²) in [5.74, 6) is 3.62. The van der Waals surface area contributed by atoms with Crippen LogP contribution in [0.25, 0.3) is 11.4 Å². The molecule has 0 amide bonds. The third kappa shape index (κ3) is 10.7. The number of aromatic nitrogens is 2. The highest BCUT2D eigenvalue weighted by atomic mass is 16.5. The first-order chi connectivity index (χ1) is 17.3. The molecule has 0 aliphatic heterocycles. The van der Waals surface area contributed by atoms with Crippen LogP contribution in [0.1, 0.15) is 122 Å². The van der Waals surface area contributed by atoms with Crippen LogP contribution in [0.3, 0.4) is 0 Å². The summed E-state index contributed by atoms with van der Waals surface area (Å²) in [4.78, 5) is 9.31. The van der Waals surface area contributed by atoms with Crippen LogP contribution in [0.15, 0.2) is 36.7 Å². The highest BCUT2D eigenvalue weighted by Gasteiger charge is 2.20. The first kappa shape index (κ1) is 27.7. The second-order valence-corrected chi connectivity index (χ2v) is 10.8. The molecule has 0 unspecified atom stereocenters. The van der Waals surface area contributed by atoms with Crippen LogP contribution in [0.2, 0.25) is 0 Å². The van der Waals surface area contributed by atoms with Gasteiger partial charge in [-0.25, -0.2) is 9.97 Å². The van der Waals surface area contributed by atoms with E-state index in [2.05, 4.69) is 35.9 Å². The van der Waals surface area contributed by atoms with Crippen molar-refractivity contribution in [3.05, 3.63) is 42.2 Å². The van der Waals surface area contributed by atoms with E-state index in [4.69, 9.17) is 4.74 Å². The van der Waals surface area contributed by atoms with Crippen LogP contribution < -0.4 is 4.74 Å². The van der Waals surface area contributed by atoms with E-state index in [0.29, 0.717) is 0 Å². The van der Waals surface area contributed by atoms with Crippen molar-refractivity contribution in [1.82, 2.24) is 9.97 Å². The first-order valence-corrected chi connectivity index (χ1v) is 14.8. The quantitative estimate of drug-likeness (QED) is 0.212. The molecule has 1 aliphatic carbocycles. The Morgan fingerprint density at radius 2 is 1.26 bits per heavy atom. The van der Waals surface area contributed by atoms with Gasteiger partial charge in [0.05, 0.1) is 6.61 Å². The maximum atomic E-state index is 5.81. The van der Waals surface area contributed by atoms with E-state index in [9.17, 15) is 0 Å². The van der Waals surface area contributed by atoms with Gasteiger partial charge in [0.15, 0.2) is 5.82 Å². The molecule has 2 aromatic rings. The Labute approximate surface area is 215 Å². The SMILES string of the molecule is CCCCCCCCC[C@H]1CC[C@H](CCc2cnc(-c3ccc(OCCCCC)cc3)nc2)CC1. The van der Waals surface area contributed by atoms with Gasteiger partial charge in [0.25, 0.3) is 0 Å². The van der Waals surface area contributed by atoms with E-state index in [-0.39, 0.29) is 0 Å². The zero-order valence-corrected chi connectivity index (χ0v) is 22.6. The standard InChI is InChI=1S/C32H50N2O/c1-3-5-7-8-9-10-11-13-27-14-16-28(17-15-27)18-19-29-25-33-32(34-26-29)30-20-22-31(23-21-30)35-24-12-6-4-2/h20-23,25-28H,3-19,24H2,1-2H3/t27-,28-. The number of nitrogens with zero attached hydrogens (tertiary/aromatic N) is 2. The van der Waals surface area contributed by atoms with Gasteiger partial charge in [-0.3, -0.25) is 0 Å². The lowest BCUT2D eigenvalue weighted by Gasteiger charge is -2.28. The third-order valence-corrected chi connectivity index (χ3v) is 7.86. The lowest BCUT2D eigenvalue weighted by atomic mass is 9.78. The number of rotatable bonds is 17. The molecule has 35 heavy (non-hydrogen) atoms. The van der Waals surface area contributed by atoms with Gasteiger partial charge in [0.2, 0.25) is 0 Å². The van der Waals surface area contributed by atoms with Crippen LogP contribution >= 0.6 is 0 Å². The molecule has 1 heterocycles. The van der Waals surface area contributed by atoms with Gasteiger partial charge in [-0.15, -0.1) is 0 Å². The summed E-state index contributed by atoms with van der Waals surface area (Å²) in [6.45, 7) is 5.30. The Morgan fingerprint density at radius 1 is 0.686 bits per heavy atom. The van der Waals surface area contributed by atoms with Gasteiger partial charge in [0, 0.05) is 18.0 Å². The summed E-state index contributed by atoms with van der Waals surface area (Å²) in [5, 5.41) is 0. The fourth-order valence-electron chi connectivity index (χ4n) is 5.45. The lowest BCUT2D eigenvalue weighted by Crippen LogP contribution is -2.15. The number of unbranched alkanes of at least 4 members (excludes halogenated alkanes) is 8. The van der Waals surface area contributed by atoms with Gasteiger partial charge in [-0.1, -0.05) is 104 Å². The van der Waals surface area contributed by atoms with Crippen molar-refractivity contribution in [2.24, 2.45) is 11.8 Å². The molecular weight excluding hydrogens is 428 g/mol. The minimum Gasteiger partial charge on any atom is -0.494 e. The molecule has 3 heteroatoms. The molecular formula is C32H50N2O. The fourth-order valence-corrected chi connectivity index (χ4v) is 5.45. The van der Waals surface area contributed by atoms with Crippen molar-refractivity contribution in [3.63, 3.8) is 0 Å². The summed E-state index contributed by atoms with van der Waals surface area (Å²) in [5.41, 5.74) is 2.33. The Balaban J connectivity index is 1.30. The van der Waals surface area contributed by atoms with Gasteiger partial charge in [0.1, 0.15) is 5.75 Å². The second kappa shape index (κ2) is 16.7. The normalized spacial score (nSPS) is 18.0. The summed E-state index contributed by atoms with van der Waals surface area (Å²) in [6.07, 6.45) is 27.3. The van der Waals surface area contributed by atoms with E-state index in [1.165, 1.54) is 102 Å². The van der Waals surface area contributed by atoms with Gasteiger partial charge < -0.3 is 4.74 Å². The smallest absolute Gasteiger partial charge is 0.159 e. The summed E-state index contributed by atoms with van der Waals surface area (Å²) in [6, 6.07) is 8.19. The van der Waals surface area contributed by atoms with Crippen LogP contribution in [0.4, 0.5) is 0 Å². The van der Waals surface area contributed by atoms with Crippen molar-refractivity contribution < 1.29 is 4.74 Å². The topological polar surface area (TPSA) is 35.0 Å². The average molecular weight is 479 g/mol. The van der Waals surface area contributed by atoms with E-state index in [0.717, 1.165) is 48.4 Å². The highest BCUT2D eigenvalue weighted by molar-refractivity contribution is 5.55.